The third-order valence-electron chi connectivity index (χ3n) is 2.07. The zero-order valence-corrected chi connectivity index (χ0v) is 9.90. The van der Waals surface area contributed by atoms with Gasteiger partial charge in [0.2, 0.25) is 5.09 Å². The number of likely N-dealkylation sites (N-methyl/N-ethyl adjacent to an activating group) is 1. The zero-order chi connectivity index (χ0) is 12.2. The van der Waals surface area contributed by atoms with E-state index in [1.807, 2.05) is 0 Å². The van der Waals surface area contributed by atoms with E-state index in [9.17, 15) is 8.42 Å². The molecule has 0 spiro atoms. The first kappa shape index (κ1) is 13.0. The van der Waals surface area contributed by atoms with Crippen LogP contribution >= 0.6 is 0 Å². The smallest absolute Gasteiger partial charge is 0.276 e. The summed E-state index contributed by atoms with van der Waals surface area (Å²) in [6.45, 7) is 5.48. The van der Waals surface area contributed by atoms with Crippen LogP contribution in [-0.4, -0.2) is 30.9 Å². The van der Waals surface area contributed by atoms with Crippen molar-refractivity contribution in [2.45, 2.75) is 18.6 Å². The van der Waals surface area contributed by atoms with Crippen molar-refractivity contribution >= 4 is 10.0 Å². The molecule has 5 nitrogen and oxygen atoms in total. The lowest BCUT2D eigenvalue weighted by Gasteiger charge is -2.16. The molecule has 90 valence electrons. The van der Waals surface area contributed by atoms with Crippen LogP contribution in [0.15, 0.2) is 34.3 Å². The van der Waals surface area contributed by atoms with Crippen LogP contribution in [0.25, 0.3) is 0 Å². The summed E-state index contributed by atoms with van der Waals surface area (Å²) in [7, 11) is -3.62. The van der Waals surface area contributed by atoms with Crippen molar-refractivity contribution in [1.82, 2.24) is 4.31 Å². The fourth-order valence-electron chi connectivity index (χ4n) is 1.25. The summed E-state index contributed by atoms with van der Waals surface area (Å²) in [5.41, 5.74) is 0. The van der Waals surface area contributed by atoms with Crippen LogP contribution in [0.2, 0.25) is 0 Å². The Morgan fingerprint density at radius 1 is 1.56 bits per heavy atom. The van der Waals surface area contributed by atoms with E-state index in [0.717, 1.165) is 0 Å². The maximum absolute atomic E-state index is 12.0. The minimum Gasteiger partial charge on any atom is -0.446 e. The van der Waals surface area contributed by atoms with Crippen LogP contribution in [0.4, 0.5) is 0 Å². The molecule has 1 aromatic rings. The van der Waals surface area contributed by atoms with E-state index in [0.29, 0.717) is 6.54 Å². The lowest BCUT2D eigenvalue weighted by molar-refractivity contribution is 0.235. The fraction of sp³-hybridized carbons (Fsp3) is 0.400. The predicted molar refractivity (Wildman–Crippen MR) is 59.3 cm³/mol. The van der Waals surface area contributed by atoms with Gasteiger partial charge >= 0.3 is 0 Å². The summed E-state index contributed by atoms with van der Waals surface area (Å²) in [5, 5.41) is 8.64. The largest absolute Gasteiger partial charge is 0.446 e. The molecule has 0 amide bonds. The highest BCUT2D eigenvalue weighted by molar-refractivity contribution is 7.89. The van der Waals surface area contributed by atoms with Gasteiger partial charge in [-0.15, -0.1) is 6.58 Å². The molecular weight excluding hydrogens is 230 g/mol. The van der Waals surface area contributed by atoms with Gasteiger partial charge in [0, 0.05) is 13.1 Å². The Bertz CT molecular complexity index is 449. The first-order valence-corrected chi connectivity index (χ1v) is 6.30. The highest BCUT2D eigenvalue weighted by Gasteiger charge is 2.25. The van der Waals surface area contributed by atoms with Gasteiger partial charge in [-0.1, -0.05) is 13.0 Å². The van der Waals surface area contributed by atoms with Gasteiger partial charge in [-0.2, -0.15) is 4.31 Å². The van der Waals surface area contributed by atoms with E-state index in [4.69, 9.17) is 9.52 Å². The zero-order valence-electron chi connectivity index (χ0n) is 9.09. The van der Waals surface area contributed by atoms with Crippen molar-refractivity contribution in [2.75, 3.05) is 13.1 Å². The van der Waals surface area contributed by atoms with Crippen molar-refractivity contribution in [3.05, 3.63) is 30.5 Å². The molecule has 16 heavy (non-hydrogen) atoms. The summed E-state index contributed by atoms with van der Waals surface area (Å²) >= 11 is 0. The number of aliphatic hydroxyl groups excluding tert-OH is 1. The second kappa shape index (κ2) is 5.29. The molecule has 1 heterocycles. The van der Waals surface area contributed by atoms with Crippen molar-refractivity contribution < 1.29 is 17.9 Å². The first-order chi connectivity index (χ1) is 7.56. The molecule has 0 bridgehead atoms. The number of aliphatic hydroxyl groups is 1. The van der Waals surface area contributed by atoms with Gasteiger partial charge in [0.1, 0.15) is 12.4 Å². The number of hydrogen-bond acceptors (Lipinski definition) is 4. The van der Waals surface area contributed by atoms with E-state index in [1.54, 1.807) is 6.92 Å². The first-order valence-electron chi connectivity index (χ1n) is 4.86. The monoisotopic (exact) mass is 245 g/mol. The van der Waals surface area contributed by atoms with Crippen molar-refractivity contribution in [3.8, 4) is 0 Å². The minimum atomic E-state index is -3.62. The molecule has 0 radical (unpaired) electrons. The van der Waals surface area contributed by atoms with Gasteiger partial charge in [0.15, 0.2) is 0 Å². The maximum atomic E-state index is 12.0. The Morgan fingerprint density at radius 3 is 2.69 bits per heavy atom. The topological polar surface area (TPSA) is 70.8 Å². The summed E-state index contributed by atoms with van der Waals surface area (Å²) in [5.74, 6) is 0.230. The van der Waals surface area contributed by atoms with E-state index in [1.165, 1.54) is 22.5 Å². The molecule has 0 aliphatic carbocycles. The van der Waals surface area contributed by atoms with Gasteiger partial charge in [-0.05, 0) is 12.1 Å². The van der Waals surface area contributed by atoms with Gasteiger partial charge in [0.25, 0.3) is 10.0 Å². The van der Waals surface area contributed by atoms with Crippen LogP contribution in [0, 0.1) is 0 Å². The molecule has 0 fully saturated rings. The summed E-state index contributed by atoms with van der Waals surface area (Å²) in [6.07, 6.45) is 1.51. The molecule has 0 saturated heterocycles. The van der Waals surface area contributed by atoms with Gasteiger partial charge in [-0.3, -0.25) is 0 Å². The molecule has 0 unspecified atom stereocenters. The molecule has 1 N–H and O–H groups in total. The highest BCUT2D eigenvalue weighted by atomic mass is 32.2. The second-order valence-electron chi connectivity index (χ2n) is 3.12. The lowest BCUT2D eigenvalue weighted by Crippen LogP contribution is -2.30. The summed E-state index contributed by atoms with van der Waals surface area (Å²) in [6, 6.07) is 2.78. The molecule has 0 atom stereocenters. The number of furan rings is 1. The van der Waals surface area contributed by atoms with Crippen LogP contribution in [0.1, 0.15) is 12.7 Å². The van der Waals surface area contributed by atoms with Crippen LogP contribution < -0.4 is 0 Å². The average molecular weight is 245 g/mol. The molecule has 6 heteroatoms. The van der Waals surface area contributed by atoms with E-state index in [2.05, 4.69) is 6.58 Å². The van der Waals surface area contributed by atoms with E-state index in [-0.39, 0.29) is 24.0 Å². The van der Waals surface area contributed by atoms with Crippen LogP contribution in [0.5, 0.6) is 0 Å². The Labute approximate surface area is 95.0 Å². The SMILES string of the molecule is C=CCN(CC)S(=O)(=O)c1ccc(CO)o1. The second-order valence-corrected chi connectivity index (χ2v) is 4.99. The minimum absolute atomic E-state index is 0.153. The van der Waals surface area contributed by atoms with E-state index >= 15 is 0 Å². The quantitative estimate of drug-likeness (QED) is 0.758. The molecule has 1 rings (SSSR count). The molecule has 0 aliphatic rings. The van der Waals surface area contributed by atoms with Crippen molar-refractivity contribution in [2.24, 2.45) is 0 Å². The molecule has 1 aromatic heterocycles. The Kier molecular flexibility index (Phi) is 4.28. The normalized spacial score (nSPS) is 11.9. The Balaban J connectivity index is 3.04. The standard InChI is InChI=1S/C10H15NO4S/c1-3-7-11(4-2)16(13,14)10-6-5-9(8-12)15-10/h3,5-6,12H,1,4,7-8H2,2H3. The third kappa shape index (κ3) is 2.52. The Morgan fingerprint density at radius 2 is 2.25 bits per heavy atom. The summed E-state index contributed by atoms with van der Waals surface area (Å²) in [4.78, 5) is 0. The molecular formula is C10H15NO4S. The number of nitrogens with zero attached hydrogens (tertiary/aromatic N) is 1. The number of sulfonamides is 1. The van der Waals surface area contributed by atoms with Crippen molar-refractivity contribution in [3.63, 3.8) is 0 Å². The van der Waals surface area contributed by atoms with Crippen LogP contribution in [-0.2, 0) is 16.6 Å². The van der Waals surface area contributed by atoms with Gasteiger partial charge in [0.05, 0.1) is 0 Å². The maximum Gasteiger partial charge on any atom is 0.276 e. The van der Waals surface area contributed by atoms with Crippen LogP contribution in [0.3, 0.4) is 0 Å². The average Bonchev–Trinajstić information content (AvgIpc) is 2.74. The lowest BCUT2D eigenvalue weighted by atomic mass is 10.5. The highest BCUT2D eigenvalue weighted by Crippen LogP contribution is 2.18. The third-order valence-corrected chi connectivity index (χ3v) is 3.89. The molecule has 0 aromatic carbocycles. The Hall–Kier alpha value is -1.11. The molecule has 0 aliphatic heterocycles. The summed E-state index contributed by atoms with van der Waals surface area (Å²) < 4.78 is 30.2. The number of hydrogen-bond donors (Lipinski definition) is 1. The number of rotatable bonds is 6. The van der Waals surface area contributed by atoms with Crippen molar-refractivity contribution in [1.29, 1.82) is 0 Å². The predicted octanol–water partition coefficient (Wildman–Crippen LogP) is 0.969. The van der Waals surface area contributed by atoms with E-state index < -0.39 is 10.0 Å². The van der Waals surface area contributed by atoms with Gasteiger partial charge in [-0.25, -0.2) is 8.42 Å². The van der Waals surface area contributed by atoms with Gasteiger partial charge < -0.3 is 9.52 Å². The fourth-order valence-corrected chi connectivity index (χ4v) is 2.60. The molecule has 0 saturated carbocycles.